The van der Waals surface area contributed by atoms with Gasteiger partial charge in [0, 0.05) is 30.4 Å². The number of nitrogens with two attached hydrogens (primary N) is 1. The van der Waals surface area contributed by atoms with E-state index in [1.807, 2.05) is 32.0 Å². The number of carbonyl (C=O) groups is 1. The maximum Gasteiger partial charge on any atom is 0.331 e. The number of rotatable bonds is 6. The Morgan fingerprint density at radius 2 is 1.92 bits per heavy atom. The molecular weight excluding hydrogens is 306 g/mol. The Labute approximate surface area is 144 Å². The van der Waals surface area contributed by atoms with Crippen molar-refractivity contribution in [1.29, 1.82) is 0 Å². The Balaban J connectivity index is 2.04. The summed E-state index contributed by atoms with van der Waals surface area (Å²) < 4.78 is 16.2. The monoisotopic (exact) mass is 334 g/mol. The van der Waals surface area contributed by atoms with E-state index in [-0.39, 0.29) is 5.97 Å². The van der Waals surface area contributed by atoms with E-state index >= 15 is 0 Å². The van der Waals surface area contributed by atoms with Crippen molar-refractivity contribution in [3.63, 3.8) is 0 Å². The molecule has 1 aliphatic rings. The fraction of sp³-hybridized carbons (Fsp3) is 0.526. The Hall–Kier alpha value is -2.01. The Bertz CT molecular complexity index is 589. The van der Waals surface area contributed by atoms with Crippen LogP contribution in [0.15, 0.2) is 24.3 Å². The summed E-state index contributed by atoms with van der Waals surface area (Å²) in [7, 11) is 3.20. The van der Waals surface area contributed by atoms with Gasteiger partial charge in [-0.3, -0.25) is 0 Å². The second-order valence-corrected chi connectivity index (χ2v) is 6.61. The highest BCUT2D eigenvalue weighted by Crippen LogP contribution is 2.29. The van der Waals surface area contributed by atoms with Gasteiger partial charge in [-0.05, 0) is 38.1 Å². The second-order valence-electron chi connectivity index (χ2n) is 6.61. The van der Waals surface area contributed by atoms with Crippen LogP contribution >= 0.6 is 0 Å². The van der Waals surface area contributed by atoms with Crippen LogP contribution < -0.4 is 14.8 Å². The molecule has 1 saturated heterocycles. The van der Waals surface area contributed by atoms with Crippen molar-refractivity contribution < 1.29 is 24.3 Å². The molecule has 5 heteroatoms. The molecule has 132 valence electrons. The lowest BCUT2D eigenvalue weighted by Crippen LogP contribution is -2.86. The van der Waals surface area contributed by atoms with Crippen molar-refractivity contribution >= 4 is 12.0 Å². The highest BCUT2D eigenvalue weighted by Gasteiger charge is 2.34. The van der Waals surface area contributed by atoms with Crippen LogP contribution in [0.3, 0.4) is 0 Å². The van der Waals surface area contributed by atoms with Crippen LogP contribution in [0.1, 0.15) is 32.3 Å². The first-order valence-corrected chi connectivity index (χ1v) is 8.41. The average Bonchev–Trinajstić information content (AvgIpc) is 2.60. The zero-order valence-corrected chi connectivity index (χ0v) is 15.0. The minimum atomic E-state index is -0.450. The highest BCUT2D eigenvalue weighted by molar-refractivity contribution is 5.88. The maximum atomic E-state index is 12.2. The summed E-state index contributed by atoms with van der Waals surface area (Å²) in [6.07, 6.45) is 5.31. The summed E-state index contributed by atoms with van der Waals surface area (Å²) in [6.45, 7) is 6.20. The quantitative estimate of drug-likeness (QED) is 0.639. The standard InChI is InChI=1S/C19H27NO4/c1-19(2,15-9-11-20-12-10-15)24-18(21)8-5-14-13-16(22-3)6-7-17(14)23-4/h5-8,13,15,20H,9-12H2,1-4H3/p+1/b8-5+. The van der Waals surface area contributed by atoms with Crippen LogP contribution in [0.5, 0.6) is 11.5 Å². The van der Waals surface area contributed by atoms with Gasteiger partial charge >= 0.3 is 5.97 Å². The molecule has 0 amide bonds. The Morgan fingerprint density at radius 3 is 2.54 bits per heavy atom. The van der Waals surface area contributed by atoms with Gasteiger partial charge in [0.25, 0.3) is 0 Å². The van der Waals surface area contributed by atoms with Crippen LogP contribution in [-0.4, -0.2) is 38.9 Å². The molecule has 1 fully saturated rings. The molecular formula is C19H28NO4+. The summed E-state index contributed by atoms with van der Waals surface area (Å²) in [6, 6.07) is 5.45. The lowest BCUT2D eigenvalue weighted by molar-refractivity contribution is -0.665. The van der Waals surface area contributed by atoms with Crippen LogP contribution in [0.4, 0.5) is 0 Å². The Morgan fingerprint density at radius 1 is 1.21 bits per heavy atom. The van der Waals surface area contributed by atoms with Gasteiger partial charge in [0.05, 0.1) is 27.3 Å². The van der Waals surface area contributed by atoms with Gasteiger partial charge in [0.15, 0.2) is 0 Å². The lowest BCUT2D eigenvalue weighted by atomic mass is 9.83. The summed E-state index contributed by atoms with van der Waals surface area (Å²) in [5.41, 5.74) is 0.326. The Kier molecular flexibility index (Phi) is 6.26. The molecule has 0 radical (unpaired) electrons. The molecule has 0 bridgehead atoms. The van der Waals surface area contributed by atoms with Gasteiger partial charge in [0.2, 0.25) is 0 Å². The maximum absolute atomic E-state index is 12.2. The van der Waals surface area contributed by atoms with Gasteiger partial charge in [0.1, 0.15) is 17.1 Å². The van der Waals surface area contributed by atoms with Crippen molar-refractivity contribution in [3.05, 3.63) is 29.8 Å². The van der Waals surface area contributed by atoms with E-state index in [1.54, 1.807) is 20.3 Å². The molecule has 1 aromatic rings. The van der Waals surface area contributed by atoms with E-state index in [0.717, 1.165) is 31.5 Å². The third kappa shape index (κ3) is 4.74. The lowest BCUT2D eigenvalue weighted by Gasteiger charge is -2.35. The molecule has 5 nitrogen and oxygen atoms in total. The summed E-state index contributed by atoms with van der Waals surface area (Å²) in [5.74, 6) is 1.47. The minimum Gasteiger partial charge on any atom is -0.497 e. The first-order valence-electron chi connectivity index (χ1n) is 8.41. The van der Waals surface area contributed by atoms with E-state index in [4.69, 9.17) is 14.2 Å². The number of hydrogen-bond donors (Lipinski definition) is 1. The third-order valence-electron chi connectivity index (χ3n) is 4.62. The zero-order chi connectivity index (χ0) is 17.6. The molecule has 0 unspecified atom stereocenters. The van der Waals surface area contributed by atoms with Crippen molar-refractivity contribution in [2.24, 2.45) is 5.92 Å². The van der Waals surface area contributed by atoms with E-state index in [9.17, 15) is 4.79 Å². The van der Waals surface area contributed by atoms with Crippen molar-refractivity contribution in [1.82, 2.24) is 0 Å². The van der Waals surface area contributed by atoms with Crippen LogP contribution in [0.25, 0.3) is 6.08 Å². The number of benzene rings is 1. The van der Waals surface area contributed by atoms with Crippen LogP contribution in [0.2, 0.25) is 0 Å². The van der Waals surface area contributed by atoms with E-state index in [1.165, 1.54) is 6.08 Å². The van der Waals surface area contributed by atoms with Crippen molar-refractivity contribution in [2.75, 3.05) is 27.3 Å². The number of methoxy groups -OCH3 is 2. The molecule has 1 heterocycles. The number of esters is 1. The van der Waals surface area contributed by atoms with Gasteiger partial charge in [-0.15, -0.1) is 0 Å². The first kappa shape index (κ1) is 18.3. The predicted molar refractivity (Wildman–Crippen MR) is 93.1 cm³/mol. The molecule has 2 rings (SSSR count). The number of ether oxygens (including phenoxy) is 3. The smallest absolute Gasteiger partial charge is 0.331 e. The molecule has 1 aromatic carbocycles. The molecule has 1 aliphatic heterocycles. The number of carbonyl (C=O) groups excluding carboxylic acids is 1. The average molecular weight is 334 g/mol. The zero-order valence-electron chi connectivity index (χ0n) is 15.0. The predicted octanol–water partition coefficient (Wildman–Crippen LogP) is 2.01. The van der Waals surface area contributed by atoms with Crippen LogP contribution in [-0.2, 0) is 9.53 Å². The number of hydrogen-bond acceptors (Lipinski definition) is 4. The highest BCUT2D eigenvalue weighted by atomic mass is 16.6. The second kappa shape index (κ2) is 8.20. The van der Waals surface area contributed by atoms with Gasteiger partial charge in [-0.2, -0.15) is 0 Å². The molecule has 0 aromatic heterocycles. The fourth-order valence-electron chi connectivity index (χ4n) is 3.13. The topological polar surface area (TPSA) is 61.4 Å². The largest absolute Gasteiger partial charge is 0.497 e. The molecule has 2 N–H and O–H groups in total. The summed E-state index contributed by atoms with van der Waals surface area (Å²) in [5, 5.41) is 2.31. The molecule has 0 aliphatic carbocycles. The van der Waals surface area contributed by atoms with Crippen molar-refractivity contribution in [2.45, 2.75) is 32.3 Å². The van der Waals surface area contributed by atoms with E-state index in [2.05, 4.69) is 5.32 Å². The molecule has 0 spiro atoms. The number of piperidine rings is 1. The van der Waals surface area contributed by atoms with E-state index in [0.29, 0.717) is 17.4 Å². The first-order chi connectivity index (χ1) is 11.5. The molecule has 0 saturated carbocycles. The van der Waals surface area contributed by atoms with Gasteiger partial charge < -0.3 is 19.5 Å². The SMILES string of the molecule is COc1ccc(OC)c(/C=C/C(=O)OC(C)(C)C2CC[NH2+]CC2)c1. The summed E-state index contributed by atoms with van der Waals surface area (Å²) >= 11 is 0. The fourth-order valence-corrected chi connectivity index (χ4v) is 3.13. The molecule has 24 heavy (non-hydrogen) atoms. The van der Waals surface area contributed by atoms with Gasteiger partial charge in [-0.25, -0.2) is 4.79 Å². The third-order valence-corrected chi connectivity index (χ3v) is 4.62. The van der Waals surface area contributed by atoms with Crippen molar-refractivity contribution in [3.8, 4) is 11.5 Å². The van der Waals surface area contributed by atoms with Crippen LogP contribution in [0, 0.1) is 5.92 Å². The minimum absolute atomic E-state index is 0.334. The normalized spacial score (nSPS) is 16.2. The van der Waals surface area contributed by atoms with E-state index < -0.39 is 5.60 Å². The molecule has 0 atom stereocenters. The van der Waals surface area contributed by atoms with Gasteiger partial charge in [-0.1, -0.05) is 0 Å². The number of quaternary nitrogens is 1. The summed E-state index contributed by atoms with van der Waals surface area (Å²) in [4.78, 5) is 12.2.